The largest absolute Gasteiger partial charge is 0.486 e. The minimum Gasteiger partial charge on any atom is -0.486 e. The third-order valence-electron chi connectivity index (χ3n) is 6.94. The zero-order chi connectivity index (χ0) is 29.3. The van der Waals surface area contributed by atoms with Crippen molar-refractivity contribution in [3.8, 4) is 11.5 Å². The third-order valence-corrected chi connectivity index (χ3v) is 6.94. The van der Waals surface area contributed by atoms with Crippen molar-refractivity contribution in [2.75, 3.05) is 39.1 Å². The third kappa shape index (κ3) is 10.4. The summed E-state index contributed by atoms with van der Waals surface area (Å²) in [5, 5.41) is 15.4. The molecule has 2 N–H and O–H groups in total. The Morgan fingerprint density at radius 1 is 1.18 bits per heavy atom. The molecule has 2 aromatic rings. The van der Waals surface area contributed by atoms with Gasteiger partial charge in [0.2, 0.25) is 5.91 Å². The number of ether oxygens (including phenoxy) is 2. The first kappa shape index (κ1) is 33.0. The maximum absolute atomic E-state index is 12.4. The lowest BCUT2D eigenvalue weighted by Gasteiger charge is -2.25. The van der Waals surface area contributed by atoms with Gasteiger partial charge in [0.15, 0.2) is 11.5 Å². The lowest BCUT2D eigenvalue weighted by Crippen LogP contribution is -2.39. The first-order valence-electron chi connectivity index (χ1n) is 14.1. The molecule has 222 valence electrons. The highest BCUT2D eigenvalue weighted by Gasteiger charge is 2.23. The van der Waals surface area contributed by atoms with Crippen molar-refractivity contribution in [2.24, 2.45) is 10.9 Å². The summed E-state index contributed by atoms with van der Waals surface area (Å²) in [5.74, 6) is 2.20. The molecule has 1 fully saturated rings. The fourth-order valence-corrected chi connectivity index (χ4v) is 4.66. The van der Waals surface area contributed by atoms with E-state index in [1.165, 1.54) is 25.7 Å². The number of carbonyl (C=O) groups is 1. The van der Waals surface area contributed by atoms with E-state index in [0.29, 0.717) is 63.3 Å². The number of fused-ring (bicyclic) bond motifs is 1. The summed E-state index contributed by atoms with van der Waals surface area (Å²) >= 11 is 0. The van der Waals surface area contributed by atoms with Crippen LogP contribution in [0, 0.1) is 5.92 Å². The second-order valence-electron chi connectivity index (χ2n) is 9.90. The maximum Gasteiger partial charge on any atom is 0.220 e. The van der Waals surface area contributed by atoms with Gasteiger partial charge < -0.3 is 19.9 Å². The Bertz CT molecular complexity index is 1030. The molecule has 8 nitrogen and oxygen atoms in total. The van der Waals surface area contributed by atoms with E-state index in [4.69, 9.17) is 14.3 Å². The molecule has 0 aromatic heterocycles. The standard InChI is InChI=1S/C24H31N3O5.C6H12.CH3F/c1-4-18(24(29)17-11-12-21-22(16-17)31-15-14-30-21)26-23(28)10-7-13-32-27(3)20-9-6-5-8-19(20)25-2;1-6-4-2-3-5-6;1-2/h5-6,8-9,11-12,16,18,24,29H,2,4,7,10,13-15H2,1,3H3,(H,26,28);6H,2-5H2,1H3;1H3. The zero-order valence-corrected chi connectivity index (χ0v) is 24.4. The second-order valence-corrected chi connectivity index (χ2v) is 9.90. The number of hydroxylamine groups is 1. The number of amides is 1. The van der Waals surface area contributed by atoms with Gasteiger partial charge in [-0.05, 0) is 55.3 Å². The van der Waals surface area contributed by atoms with Gasteiger partial charge in [0, 0.05) is 13.5 Å². The van der Waals surface area contributed by atoms with Gasteiger partial charge in [-0.2, -0.15) is 0 Å². The van der Waals surface area contributed by atoms with Crippen LogP contribution in [-0.2, 0) is 9.63 Å². The first-order valence-corrected chi connectivity index (χ1v) is 14.1. The Morgan fingerprint density at radius 3 is 2.48 bits per heavy atom. The van der Waals surface area contributed by atoms with Crippen LogP contribution in [0.5, 0.6) is 11.5 Å². The molecule has 0 spiro atoms. The quantitative estimate of drug-likeness (QED) is 0.189. The number of aliphatic hydroxyl groups excluding tert-OH is 1. The summed E-state index contributed by atoms with van der Waals surface area (Å²) in [4.78, 5) is 22.1. The molecule has 1 saturated carbocycles. The van der Waals surface area contributed by atoms with Crippen LogP contribution in [0.15, 0.2) is 47.5 Å². The highest BCUT2D eigenvalue weighted by molar-refractivity contribution is 5.76. The number of nitrogens with zero attached hydrogens (tertiary/aromatic N) is 2. The fourth-order valence-electron chi connectivity index (χ4n) is 4.66. The number of aliphatic imine (C=N–C) groups is 1. The van der Waals surface area contributed by atoms with Crippen LogP contribution in [0.2, 0.25) is 0 Å². The smallest absolute Gasteiger partial charge is 0.220 e. The number of aliphatic hydroxyl groups is 1. The number of nitrogens with one attached hydrogen (secondary N) is 1. The Balaban J connectivity index is 0.000000609. The molecule has 2 aromatic carbocycles. The van der Waals surface area contributed by atoms with Crippen molar-refractivity contribution < 1.29 is 28.6 Å². The number of para-hydroxylation sites is 2. The summed E-state index contributed by atoms with van der Waals surface area (Å²) < 4.78 is 20.6. The lowest BCUT2D eigenvalue weighted by atomic mass is 9.99. The van der Waals surface area contributed by atoms with Crippen LogP contribution in [0.1, 0.15) is 70.5 Å². The van der Waals surface area contributed by atoms with E-state index < -0.39 is 12.1 Å². The van der Waals surface area contributed by atoms with Gasteiger partial charge in [-0.3, -0.25) is 24.1 Å². The van der Waals surface area contributed by atoms with E-state index in [1.807, 2.05) is 31.2 Å². The summed E-state index contributed by atoms with van der Waals surface area (Å²) in [7, 11) is 2.29. The Morgan fingerprint density at radius 2 is 1.85 bits per heavy atom. The van der Waals surface area contributed by atoms with Gasteiger partial charge in [0.1, 0.15) is 13.2 Å². The molecule has 4 rings (SSSR count). The van der Waals surface area contributed by atoms with Crippen molar-refractivity contribution in [3.63, 3.8) is 0 Å². The number of anilines is 1. The maximum atomic E-state index is 12.4. The van der Waals surface area contributed by atoms with E-state index in [2.05, 4.69) is 24.0 Å². The molecule has 0 bridgehead atoms. The highest BCUT2D eigenvalue weighted by atomic mass is 19.1. The normalized spacial score (nSPS) is 15.4. The summed E-state index contributed by atoms with van der Waals surface area (Å²) in [6.07, 6.45) is 6.52. The molecule has 2 atom stereocenters. The van der Waals surface area contributed by atoms with Gasteiger partial charge in [-0.25, -0.2) is 0 Å². The van der Waals surface area contributed by atoms with Gasteiger partial charge >= 0.3 is 0 Å². The molecule has 1 heterocycles. The minimum atomic E-state index is -0.843. The molecule has 2 aliphatic rings. The number of alkyl halides is 1. The van der Waals surface area contributed by atoms with E-state index >= 15 is 0 Å². The molecule has 2 unspecified atom stereocenters. The predicted octanol–water partition coefficient (Wildman–Crippen LogP) is 6.35. The Kier molecular flexibility index (Phi) is 15.1. The first-order chi connectivity index (χ1) is 19.4. The van der Waals surface area contributed by atoms with Gasteiger partial charge in [-0.1, -0.05) is 57.7 Å². The van der Waals surface area contributed by atoms with Crippen molar-refractivity contribution >= 4 is 24.0 Å². The molecule has 0 radical (unpaired) electrons. The predicted molar refractivity (Wildman–Crippen MR) is 159 cm³/mol. The average Bonchev–Trinajstić information content (AvgIpc) is 3.49. The molecule has 1 amide bonds. The monoisotopic (exact) mass is 559 g/mol. The van der Waals surface area contributed by atoms with Gasteiger partial charge in [0.25, 0.3) is 0 Å². The second kappa shape index (κ2) is 18.2. The molecular formula is C31H46FN3O5. The van der Waals surface area contributed by atoms with Gasteiger partial charge in [0.05, 0.1) is 37.3 Å². The molecule has 1 aliphatic carbocycles. The van der Waals surface area contributed by atoms with Crippen LogP contribution in [-0.4, -0.2) is 57.8 Å². The summed E-state index contributed by atoms with van der Waals surface area (Å²) in [6, 6.07) is 12.5. The number of carbonyl (C=O) groups excluding carboxylic acids is 1. The topological polar surface area (TPSA) is 92.6 Å². The van der Waals surface area contributed by atoms with Crippen LogP contribution >= 0.6 is 0 Å². The summed E-state index contributed by atoms with van der Waals surface area (Å²) in [5.41, 5.74) is 2.22. The van der Waals surface area contributed by atoms with Gasteiger partial charge in [-0.15, -0.1) is 0 Å². The minimum absolute atomic E-state index is 0.132. The molecular weight excluding hydrogens is 513 g/mol. The fraction of sp³-hybridized carbons (Fsp3) is 0.548. The van der Waals surface area contributed by atoms with Crippen LogP contribution in [0.3, 0.4) is 0 Å². The van der Waals surface area contributed by atoms with E-state index in [-0.39, 0.29) is 5.91 Å². The number of hydrogen-bond acceptors (Lipinski definition) is 7. The number of halogens is 1. The Hall–Kier alpha value is -3.17. The average molecular weight is 560 g/mol. The van der Waals surface area contributed by atoms with E-state index in [1.54, 1.807) is 30.3 Å². The molecule has 0 saturated heterocycles. The van der Waals surface area contributed by atoms with Crippen molar-refractivity contribution in [1.82, 2.24) is 5.32 Å². The molecule has 9 heteroatoms. The number of benzene rings is 2. The van der Waals surface area contributed by atoms with Crippen molar-refractivity contribution in [3.05, 3.63) is 48.0 Å². The van der Waals surface area contributed by atoms with E-state index in [9.17, 15) is 14.3 Å². The van der Waals surface area contributed by atoms with Crippen molar-refractivity contribution in [1.29, 1.82) is 0 Å². The molecule has 1 aliphatic heterocycles. The summed E-state index contributed by atoms with van der Waals surface area (Å²) in [6.45, 7) is 9.20. The van der Waals surface area contributed by atoms with Crippen LogP contribution in [0.4, 0.5) is 15.8 Å². The highest BCUT2D eigenvalue weighted by Crippen LogP contribution is 2.33. The van der Waals surface area contributed by atoms with Crippen molar-refractivity contribution in [2.45, 2.75) is 70.9 Å². The molecule has 40 heavy (non-hydrogen) atoms. The number of hydrogen-bond donors (Lipinski definition) is 2. The Labute approximate surface area is 238 Å². The lowest BCUT2D eigenvalue weighted by molar-refractivity contribution is -0.123. The van der Waals surface area contributed by atoms with E-state index in [0.717, 1.165) is 17.3 Å². The SMILES string of the molecule is C=Nc1ccccc1N(C)OCCCC(=O)NC(CC)C(O)c1ccc2c(c1)OCCO2.CC1CCCC1.CF. The van der Waals surface area contributed by atoms with Crippen LogP contribution < -0.4 is 19.9 Å². The van der Waals surface area contributed by atoms with Crippen LogP contribution in [0.25, 0.3) is 0 Å². The number of rotatable bonds is 11. The zero-order valence-electron chi connectivity index (χ0n) is 24.4.